The predicted molar refractivity (Wildman–Crippen MR) is 68.6 cm³/mol. The van der Waals surface area contributed by atoms with Crippen LogP contribution in [0.15, 0.2) is 0 Å². The van der Waals surface area contributed by atoms with Crippen molar-refractivity contribution in [2.75, 3.05) is 13.2 Å². The average Bonchev–Trinajstić information content (AvgIpc) is 2.54. The van der Waals surface area contributed by atoms with Crippen LogP contribution < -0.4 is 0 Å². The zero-order chi connectivity index (χ0) is 17.3. The Labute approximate surface area is 130 Å². The first kappa shape index (κ1) is 18.9. The summed E-state index contributed by atoms with van der Waals surface area (Å²) < 4.78 is 15.1. The third-order valence-electron chi connectivity index (χ3n) is 3.96. The highest BCUT2D eigenvalue weighted by atomic mass is 16.8. The molecule has 11 heteroatoms. The van der Waals surface area contributed by atoms with Crippen LogP contribution in [-0.2, 0) is 14.2 Å². The zero-order valence-corrected chi connectivity index (χ0v) is 12.0. The van der Waals surface area contributed by atoms with Crippen LogP contribution in [0.3, 0.4) is 0 Å². The summed E-state index contributed by atoms with van der Waals surface area (Å²) in [6.45, 7) is -1.10. The third kappa shape index (κ3) is 3.81. The Balaban J connectivity index is 1.94. The van der Waals surface area contributed by atoms with Crippen molar-refractivity contribution in [1.29, 1.82) is 0 Å². The molecule has 11 nitrogen and oxygen atoms in total. The lowest BCUT2D eigenvalue weighted by molar-refractivity contribution is -0.325. The summed E-state index contributed by atoms with van der Waals surface area (Å²) in [5.74, 6) is 0. The fraction of sp³-hybridized carbons (Fsp3) is 1.00. The highest BCUT2D eigenvalue weighted by Crippen LogP contribution is 2.24. The minimum absolute atomic E-state index is 0.468. The Morgan fingerprint density at radius 1 is 0.652 bits per heavy atom. The summed E-state index contributed by atoms with van der Waals surface area (Å²) in [6.07, 6.45) is -15.3. The van der Waals surface area contributed by atoms with Crippen molar-refractivity contribution in [2.24, 2.45) is 0 Å². The Morgan fingerprint density at radius 3 is 1.83 bits per heavy atom. The second kappa shape index (κ2) is 7.63. The third-order valence-corrected chi connectivity index (χ3v) is 3.96. The van der Waals surface area contributed by atoms with Gasteiger partial charge in [-0.05, 0) is 0 Å². The largest absolute Gasteiger partial charge is 0.394 e. The normalized spacial score (nSPS) is 51.7. The van der Waals surface area contributed by atoms with E-state index >= 15 is 0 Å². The molecule has 136 valence electrons. The maximum absolute atomic E-state index is 9.78. The molecule has 0 radical (unpaired) electrons. The van der Waals surface area contributed by atoms with Gasteiger partial charge >= 0.3 is 0 Å². The van der Waals surface area contributed by atoms with Crippen molar-refractivity contribution < 1.29 is 55.1 Å². The first-order valence-corrected chi connectivity index (χ1v) is 7.07. The maximum atomic E-state index is 9.78. The van der Waals surface area contributed by atoms with Crippen LogP contribution in [0.5, 0.6) is 0 Å². The number of ether oxygens (including phenoxy) is 3. The van der Waals surface area contributed by atoms with Gasteiger partial charge in [0, 0.05) is 0 Å². The van der Waals surface area contributed by atoms with Crippen LogP contribution in [0, 0.1) is 0 Å². The summed E-state index contributed by atoms with van der Waals surface area (Å²) in [5.41, 5.74) is 0. The molecule has 2 rings (SSSR count). The van der Waals surface area contributed by atoms with E-state index in [0.717, 1.165) is 0 Å². The van der Waals surface area contributed by atoms with Gasteiger partial charge in [-0.1, -0.05) is 0 Å². The van der Waals surface area contributed by atoms with E-state index < -0.39 is 74.6 Å². The molecule has 2 aliphatic rings. The van der Waals surface area contributed by atoms with Gasteiger partial charge in [0.15, 0.2) is 12.6 Å². The molecule has 23 heavy (non-hydrogen) atoms. The molecule has 10 atom stereocenters. The number of hydrogen-bond acceptors (Lipinski definition) is 11. The van der Waals surface area contributed by atoms with Gasteiger partial charge in [0.2, 0.25) is 0 Å². The van der Waals surface area contributed by atoms with Crippen LogP contribution in [0.4, 0.5) is 0 Å². The molecule has 0 bridgehead atoms. The van der Waals surface area contributed by atoms with Gasteiger partial charge in [-0.2, -0.15) is 0 Å². The molecule has 2 saturated heterocycles. The molecular formula is C12H22O11. The van der Waals surface area contributed by atoms with Crippen LogP contribution in [0.1, 0.15) is 0 Å². The van der Waals surface area contributed by atoms with E-state index in [9.17, 15) is 35.7 Å². The van der Waals surface area contributed by atoms with Gasteiger partial charge in [0.05, 0.1) is 13.2 Å². The minimum Gasteiger partial charge on any atom is -0.394 e. The Kier molecular flexibility index (Phi) is 6.27. The lowest BCUT2D eigenvalue weighted by Gasteiger charge is -2.41. The van der Waals surface area contributed by atoms with Crippen LogP contribution >= 0.6 is 0 Å². The standard InChI is InChI=1S/C12H22O11/c13-1-3-5(14)8(17)10(19)12(23-3)21-2-4-6(15)7(16)9(18)11(20)22-4/h3-20H,1-2H2/t3-,4-,5-,6-,7+,8+,9-,10-,11?,12+/m1/s1/i12+1. The van der Waals surface area contributed by atoms with E-state index in [4.69, 9.17) is 19.3 Å². The molecule has 1 unspecified atom stereocenters. The monoisotopic (exact) mass is 343 g/mol. The zero-order valence-electron chi connectivity index (χ0n) is 12.0. The molecule has 0 spiro atoms. The summed E-state index contributed by atoms with van der Waals surface area (Å²) in [7, 11) is 0. The van der Waals surface area contributed by atoms with Gasteiger partial charge < -0.3 is 55.1 Å². The molecule has 0 aromatic rings. The molecule has 0 aromatic heterocycles. The van der Waals surface area contributed by atoms with E-state index in [1.54, 1.807) is 0 Å². The summed E-state index contributed by atoms with van der Waals surface area (Å²) in [5, 5.41) is 76.1. The van der Waals surface area contributed by atoms with Crippen molar-refractivity contribution >= 4 is 0 Å². The molecule has 0 aromatic carbocycles. The maximum Gasteiger partial charge on any atom is 0.186 e. The van der Waals surface area contributed by atoms with E-state index in [-0.39, 0.29) is 0 Å². The predicted octanol–water partition coefficient (Wildman–Crippen LogP) is -5.40. The van der Waals surface area contributed by atoms with Gasteiger partial charge in [0.1, 0.15) is 48.8 Å². The molecule has 2 aliphatic heterocycles. The average molecular weight is 343 g/mol. The first-order chi connectivity index (χ1) is 10.8. The summed E-state index contributed by atoms with van der Waals surface area (Å²) >= 11 is 0. The Bertz CT molecular complexity index is 380. The number of rotatable bonds is 4. The van der Waals surface area contributed by atoms with Crippen molar-refractivity contribution in [3.8, 4) is 0 Å². The second-order valence-electron chi connectivity index (χ2n) is 5.57. The fourth-order valence-corrected chi connectivity index (χ4v) is 2.46. The quantitative estimate of drug-likeness (QED) is 0.227. The van der Waals surface area contributed by atoms with Crippen LogP contribution in [0.2, 0.25) is 0 Å². The van der Waals surface area contributed by atoms with E-state index in [2.05, 4.69) is 0 Å². The van der Waals surface area contributed by atoms with Crippen molar-refractivity contribution in [2.45, 2.75) is 61.4 Å². The molecule has 0 saturated carbocycles. The first-order valence-electron chi connectivity index (χ1n) is 7.07. The molecule has 2 heterocycles. The fourth-order valence-electron chi connectivity index (χ4n) is 2.46. The SMILES string of the molecule is OC[C@H]1O[13C@H](OC[C@H]2OC(O)[C@H](O)[C@@H](O)[C@@H]2O)[C@H](O)[C@@H](O)[C@@H]1O. The molecule has 8 N–H and O–H groups in total. The Morgan fingerprint density at radius 2 is 1.22 bits per heavy atom. The molecule has 2 fully saturated rings. The van der Waals surface area contributed by atoms with Crippen molar-refractivity contribution in [3.63, 3.8) is 0 Å². The second-order valence-corrected chi connectivity index (χ2v) is 5.57. The number of hydrogen-bond donors (Lipinski definition) is 8. The van der Waals surface area contributed by atoms with Gasteiger partial charge in [-0.25, -0.2) is 0 Å². The molecule has 0 amide bonds. The van der Waals surface area contributed by atoms with Crippen LogP contribution in [0.25, 0.3) is 0 Å². The smallest absolute Gasteiger partial charge is 0.186 e. The highest BCUT2D eigenvalue weighted by Gasteiger charge is 2.46. The molecule has 0 aliphatic carbocycles. The van der Waals surface area contributed by atoms with Crippen molar-refractivity contribution in [1.82, 2.24) is 0 Å². The molecular weight excluding hydrogens is 321 g/mol. The lowest BCUT2D eigenvalue weighted by atomic mass is 9.99. The topological polar surface area (TPSA) is 190 Å². The van der Waals surface area contributed by atoms with Gasteiger partial charge in [0.25, 0.3) is 0 Å². The number of aliphatic hydroxyl groups is 8. The number of aliphatic hydroxyl groups excluding tert-OH is 8. The van der Waals surface area contributed by atoms with Crippen LogP contribution in [-0.4, -0.2) is 115 Å². The Hall–Kier alpha value is -0.440. The van der Waals surface area contributed by atoms with E-state index in [1.807, 2.05) is 0 Å². The summed E-state index contributed by atoms with van der Waals surface area (Å²) in [6, 6.07) is 0. The summed E-state index contributed by atoms with van der Waals surface area (Å²) in [4.78, 5) is 0. The van der Waals surface area contributed by atoms with Gasteiger partial charge in [-0.15, -0.1) is 0 Å². The van der Waals surface area contributed by atoms with E-state index in [1.165, 1.54) is 0 Å². The minimum atomic E-state index is -1.74. The van der Waals surface area contributed by atoms with Crippen molar-refractivity contribution in [3.05, 3.63) is 0 Å². The van der Waals surface area contributed by atoms with E-state index in [0.29, 0.717) is 0 Å². The highest BCUT2D eigenvalue weighted by molar-refractivity contribution is 4.91. The lowest BCUT2D eigenvalue weighted by Crippen LogP contribution is -2.61. The van der Waals surface area contributed by atoms with Gasteiger partial charge in [-0.3, -0.25) is 0 Å².